The Hall–Kier alpha value is -2.98. The van der Waals surface area contributed by atoms with Crippen LogP contribution in [0, 0.1) is 11.3 Å². The maximum absolute atomic E-state index is 11.9. The highest BCUT2D eigenvalue weighted by Gasteiger charge is 2.27. The molecule has 2 aromatic heterocycles. The fourth-order valence-corrected chi connectivity index (χ4v) is 2.92. The predicted molar refractivity (Wildman–Crippen MR) is 91.6 cm³/mol. The molecule has 3 rings (SSSR count). The molecule has 0 aliphatic rings. The Morgan fingerprint density at radius 3 is 2.67 bits per heavy atom. The van der Waals surface area contributed by atoms with Gasteiger partial charge in [0.2, 0.25) is 0 Å². The van der Waals surface area contributed by atoms with Gasteiger partial charge in [-0.2, -0.15) is 5.26 Å². The molecular formula is C17H14N4O2S. The summed E-state index contributed by atoms with van der Waals surface area (Å²) in [6.07, 6.45) is 0. The molecule has 0 amide bonds. The van der Waals surface area contributed by atoms with Crippen LogP contribution in [0.15, 0.2) is 41.8 Å². The van der Waals surface area contributed by atoms with E-state index >= 15 is 0 Å². The van der Waals surface area contributed by atoms with Gasteiger partial charge < -0.3 is 10.1 Å². The molecule has 6 nitrogen and oxygen atoms in total. The highest BCUT2D eigenvalue weighted by molar-refractivity contribution is 7.09. The molecule has 0 aliphatic heterocycles. The number of esters is 1. The number of nitriles is 1. The van der Waals surface area contributed by atoms with E-state index in [1.54, 1.807) is 17.4 Å². The third-order valence-electron chi connectivity index (χ3n) is 3.45. The number of hydrogen-bond donors (Lipinski definition) is 1. The fraction of sp³-hybridized carbons (Fsp3) is 0.176. The average molecular weight is 338 g/mol. The normalized spacial score (nSPS) is 11.7. The molecule has 120 valence electrons. The van der Waals surface area contributed by atoms with Crippen molar-refractivity contribution in [2.75, 3.05) is 12.4 Å². The van der Waals surface area contributed by atoms with Gasteiger partial charge >= 0.3 is 5.97 Å². The van der Waals surface area contributed by atoms with Crippen LogP contribution in [0.1, 0.15) is 16.5 Å². The number of aromatic nitrogens is 2. The van der Waals surface area contributed by atoms with Gasteiger partial charge in [0.05, 0.1) is 30.8 Å². The Kier molecular flexibility index (Phi) is 4.68. The van der Waals surface area contributed by atoms with Gasteiger partial charge in [0.25, 0.3) is 0 Å². The second-order valence-electron chi connectivity index (χ2n) is 4.96. The lowest BCUT2D eigenvalue weighted by Gasteiger charge is -2.13. The standard InChI is InChI=1S/C17H14N4O2S/c1-23-17(22)12(9-18)15-16(19-10-11-5-4-8-24-11)21-14-7-3-2-6-13(14)20-15/h2-8,12H,10H2,1H3,(H,19,21)/t12-/m1/s1. The molecule has 0 radical (unpaired) electrons. The number of para-hydroxylation sites is 2. The van der Waals surface area contributed by atoms with Gasteiger partial charge in [-0.1, -0.05) is 18.2 Å². The van der Waals surface area contributed by atoms with Crippen LogP contribution in [0.25, 0.3) is 11.0 Å². The number of anilines is 1. The van der Waals surface area contributed by atoms with Gasteiger partial charge in [-0.25, -0.2) is 9.97 Å². The van der Waals surface area contributed by atoms with E-state index in [-0.39, 0.29) is 5.69 Å². The van der Waals surface area contributed by atoms with Gasteiger partial charge in [0.15, 0.2) is 11.7 Å². The number of benzene rings is 1. The smallest absolute Gasteiger partial charge is 0.329 e. The molecule has 0 saturated carbocycles. The summed E-state index contributed by atoms with van der Waals surface area (Å²) in [7, 11) is 1.25. The van der Waals surface area contributed by atoms with E-state index in [4.69, 9.17) is 4.74 Å². The molecule has 0 unspecified atom stereocenters. The average Bonchev–Trinajstić information content (AvgIpc) is 3.13. The quantitative estimate of drug-likeness (QED) is 0.719. The minimum atomic E-state index is -1.13. The third kappa shape index (κ3) is 3.19. The van der Waals surface area contributed by atoms with Crippen molar-refractivity contribution >= 4 is 34.2 Å². The van der Waals surface area contributed by atoms with Crippen molar-refractivity contribution in [3.63, 3.8) is 0 Å². The van der Waals surface area contributed by atoms with Gasteiger partial charge in [0, 0.05) is 4.88 Å². The van der Waals surface area contributed by atoms with Gasteiger partial charge in [-0.3, -0.25) is 4.79 Å². The minimum Gasteiger partial charge on any atom is -0.468 e. The molecule has 7 heteroatoms. The Bertz CT molecular complexity index is 903. The molecule has 0 bridgehead atoms. The third-order valence-corrected chi connectivity index (χ3v) is 4.32. The Morgan fingerprint density at radius 2 is 2.04 bits per heavy atom. The van der Waals surface area contributed by atoms with Crippen LogP contribution in [-0.2, 0) is 16.1 Å². The van der Waals surface area contributed by atoms with E-state index in [2.05, 4.69) is 15.3 Å². The SMILES string of the molecule is COC(=O)[C@H](C#N)c1nc2ccccc2nc1NCc1cccs1. The van der Waals surface area contributed by atoms with E-state index in [9.17, 15) is 10.1 Å². The molecular weight excluding hydrogens is 324 g/mol. The predicted octanol–water partition coefficient (Wildman–Crippen LogP) is 3.08. The summed E-state index contributed by atoms with van der Waals surface area (Å²) in [5.41, 5.74) is 1.59. The van der Waals surface area contributed by atoms with Crippen molar-refractivity contribution in [2.24, 2.45) is 0 Å². The van der Waals surface area contributed by atoms with E-state index in [0.29, 0.717) is 23.4 Å². The zero-order chi connectivity index (χ0) is 16.9. The van der Waals surface area contributed by atoms with E-state index in [1.165, 1.54) is 7.11 Å². The minimum absolute atomic E-state index is 0.277. The van der Waals surface area contributed by atoms with E-state index in [0.717, 1.165) is 4.88 Å². The van der Waals surface area contributed by atoms with Crippen molar-refractivity contribution in [1.29, 1.82) is 5.26 Å². The Morgan fingerprint density at radius 1 is 1.29 bits per heavy atom. The van der Waals surface area contributed by atoms with Gasteiger partial charge in [-0.05, 0) is 23.6 Å². The van der Waals surface area contributed by atoms with Gasteiger partial charge in [-0.15, -0.1) is 11.3 Å². The number of ether oxygens (including phenoxy) is 1. The zero-order valence-electron chi connectivity index (χ0n) is 12.9. The van der Waals surface area contributed by atoms with Crippen LogP contribution in [0.3, 0.4) is 0 Å². The monoisotopic (exact) mass is 338 g/mol. The number of nitrogens with one attached hydrogen (secondary N) is 1. The first-order valence-electron chi connectivity index (χ1n) is 7.23. The number of nitrogens with zero attached hydrogens (tertiary/aromatic N) is 3. The molecule has 1 aromatic carbocycles. The van der Waals surface area contributed by atoms with Crippen LogP contribution in [-0.4, -0.2) is 23.0 Å². The zero-order valence-corrected chi connectivity index (χ0v) is 13.7. The Labute approximate surface area is 142 Å². The molecule has 0 saturated heterocycles. The molecule has 2 heterocycles. The number of methoxy groups -OCH3 is 1. The van der Waals surface area contributed by atoms with Crippen LogP contribution in [0.4, 0.5) is 5.82 Å². The fourth-order valence-electron chi connectivity index (χ4n) is 2.27. The van der Waals surface area contributed by atoms with E-state index < -0.39 is 11.9 Å². The molecule has 1 N–H and O–H groups in total. The lowest BCUT2D eigenvalue weighted by atomic mass is 10.1. The first-order valence-corrected chi connectivity index (χ1v) is 8.11. The second kappa shape index (κ2) is 7.06. The number of rotatable bonds is 5. The van der Waals surface area contributed by atoms with Crippen LogP contribution >= 0.6 is 11.3 Å². The second-order valence-corrected chi connectivity index (χ2v) is 6.00. The maximum Gasteiger partial charge on any atom is 0.329 e. The van der Waals surface area contributed by atoms with Crippen molar-refractivity contribution in [3.05, 3.63) is 52.3 Å². The van der Waals surface area contributed by atoms with Crippen molar-refractivity contribution in [2.45, 2.75) is 12.5 Å². The highest BCUT2D eigenvalue weighted by atomic mass is 32.1. The first kappa shape index (κ1) is 15.9. The number of hydrogen-bond acceptors (Lipinski definition) is 7. The molecule has 0 aliphatic carbocycles. The molecule has 0 spiro atoms. The van der Waals surface area contributed by atoms with Crippen molar-refractivity contribution in [3.8, 4) is 6.07 Å². The van der Waals surface area contributed by atoms with Crippen molar-refractivity contribution < 1.29 is 9.53 Å². The number of thiophene rings is 1. The van der Waals surface area contributed by atoms with Crippen LogP contribution in [0.5, 0.6) is 0 Å². The molecule has 24 heavy (non-hydrogen) atoms. The van der Waals surface area contributed by atoms with Crippen LogP contribution < -0.4 is 5.32 Å². The summed E-state index contributed by atoms with van der Waals surface area (Å²) in [5.74, 6) is -1.36. The van der Waals surface area contributed by atoms with E-state index in [1.807, 2.05) is 41.8 Å². The summed E-state index contributed by atoms with van der Waals surface area (Å²) >= 11 is 1.61. The van der Waals surface area contributed by atoms with Gasteiger partial charge in [0.1, 0.15) is 5.69 Å². The summed E-state index contributed by atoms with van der Waals surface area (Å²) in [5, 5.41) is 14.5. The lowest BCUT2D eigenvalue weighted by molar-refractivity contribution is -0.141. The summed E-state index contributed by atoms with van der Waals surface area (Å²) in [6, 6.07) is 13.2. The maximum atomic E-state index is 11.9. The number of fused-ring (bicyclic) bond motifs is 1. The topological polar surface area (TPSA) is 87.9 Å². The first-order chi connectivity index (χ1) is 11.7. The van der Waals surface area contributed by atoms with Crippen LogP contribution in [0.2, 0.25) is 0 Å². The van der Waals surface area contributed by atoms with Crippen molar-refractivity contribution in [1.82, 2.24) is 9.97 Å². The number of carbonyl (C=O) groups excluding carboxylic acids is 1. The highest BCUT2D eigenvalue weighted by Crippen LogP contribution is 2.25. The number of carbonyl (C=O) groups is 1. The summed E-state index contributed by atoms with van der Waals surface area (Å²) < 4.78 is 4.72. The summed E-state index contributed by atoms with van der Waals surface area (Å²) in [6.45, 7) is 0.539. The molecule has 0 fully saturated rings. The summed E-state index contributed by atoms with van der Waals surface area (Å²) in [4.78, 5) is 22.0. The molecule has 1 atom stereocenters. The largest absolute Gasteiger partial charge is 0.468 e. The Balaban J connectivity index is 2.04. The molecule has 3 aromatic rings. The lowest BCUT2D eigenvalue weighted by Crippen LogP contribution is -2.17.